The number of rotatable bonds is 13. The van der Waals surface area contributed by atoms with Crippen molar-refractivity contribution < 1.29 is 14.0 Å². The lowest BCUT2D eigenvalue weighted by atomic mass is 10.1. The number of halogens is 1. The fraction of sp³-hybridized carbons (Fsp3) is 0.314. The first kappa shape index (κ1) is 29.8. The highest BCUT2D eigenvalue weighted by Crippen LogP contribution is 2.17. The average molecular weight is 554 g/mol. The number of hydrogen-bond donors (Lipinski definition) is 0. The predicted octanol–water partition coefficient (Wildman–Crippen LogP) is 7.10. The Kier molecular flexibility index (Phi) is 10.5. The zero-order chi connectivity index (χ0) is 29.2. The second-order valence-electron chi connectivity index (χ2n) is 10.8. The van der Waals surface area contributed by atoms with E-state index in [0.717, 1.165) is 36.1 Å². The molecule has 4 aromatic rings. The third kappa shape index (κ3) is 8.40. The molecule has 0 saturated carbocycles. The molecule has 0 spiro atoms. The van der Waals surface area contributed by atoms with Crippen LogP contribution in [0, 0.1) is 5.82 Å². The van der Waals surface area contributed by atoms with Gasteiger partial charge in [0.25, 0.3) is 5.91 Å². The summed E-state index contributed by atoms with van der Waals surface area (Å²) in [6, 6.07) is 27.9. The highest BCUT2D eigenvalue weighted by Gasteiger charge is 2.25. The monoisotopic (exact) mass is 553 g/mol. The van der Waals surface area contributed by atoms with Crippen molar-refractivity contribution in [2.24, 2.45) is 0 Å². The van der Waals surface area contributed by atoms with Crippen molar-refractivity contribution in [3.63, 3.8) is 0 Å². The van der Waals surface area contributed by atoms with Crippen molar-refractivity contribution in [1.29, 1.82) is 0 Å². The summed E-state index contributed by atoms with van der Waals surface area (Å²) in [4.78, 5) is 30.9. The van der Waals surface area contributed by atoms with Crippen LogP contribution in [0.2, 0.25) is 0 Å². The molecule has 0 fully saturated rings. The van der Waals surface area contributed by atoms with Gasteiger partial charge in [-0.15, -0.1) is 0 Å². The maximum absolute atomic E-state index is 13.9. The predicted molar refractivity (Wildman–Crippen MR) is 162 cm³/mol. The third-order valence-corrected chi connectivity index (χ3v) is 7.32. The molecule has 0 aliphatic carbocycles. The summed E-state index contributed by atoms with van der Waals surface area (Å²) in [7, 11) is 0. The molecule has 0 bridgehead atoms. The highest BCUT2D eigenvalue weighted by atomic mass is 19.1. The third-order valence-electron chi connectivity index (χ3n) is 7.32. The minimum Gasteiger partial charge on any atom is -0.345 e. The minimum absolute atomic E-state index is 0.0143. The van der Waals surface area contributed by atoms with Gasteiger partial charge >= 0.3 is 0 Å². The first-order chi connectivity index (χ1) is 19.8. The number of carbonyl (C=O) groups excluding carboxylic acids is 2. The van der Waals surface area contributed by atoms with E-state index >= 15 is 0 Å². The molecule has 2 amide bonds. The Bertz CT molecular complexity index is 1400. The summed E-state index contributed by atoms with van der Waals surface area (Å²) >= 11 is 0. The van der Waals surface area contributed by atoms with E-state index in [1.807, 2.05) is 91.7 Å². The molecular formula is C35H40FN3O2. The van der Waals surface area contributed by atoms with Crippen LogP contribution in [0.5, 0.6) is 0 Å². The van der Waals surface area contributed by atoms with Crippen LogP contribution in [-0.4, -0.2) is 38.8 Å². The topological polar surface area (TPSA) is 45.6 Å². The summed E-state index contributed by atoms with van der Waals surface area (Å²) in [6.45, 7) is 7.41. The number of hydrogen-bond acceptors (Lipinski definition) is 2. The number of benzene rings is 3. The molecule has 214 valence electrons. The van der Waals surface area contributed by atoms with Crippen molar-refractivity contribution >= 4 is 11.8 Å². The molecule has 0 radical (unpaired) electrons. The quantitative estimate of drug-likeness (QED) is 0.177. The van der Waals surface area contributed by atoms with Gasteiger partial charge in [-0.1, -0.05) is 67.9 Å². The molecule has 1 aromatic heterocycles. The molecule has 5 nitrogen and oxygen atoms in total. The smallest absolute Gasteiger partial charge is 0.254 e. The molecule has 0 saturated heterocycles. The van der Waals surface area contributed by atoms with Gasteiger partial charge in [-0.05, 0) is 79.8 Å². The Morgan fingerprint density at radius 2 is 1.49 bits per heavy atom. The van der Waals surface area contributed by atoms with Crippen LogP contribution in [0.25, 0.3) is 0 Å². The van der Waals surface area contributed by atoms with E-state index in [4.69, 9.17) is 0 Å². The van der Waals surface area contributed by atoms with Gasteiger partial charge in [0, 0.05) is 36.6 Å². The van der Waals surface area contributed by atoms with Crippen LogP contribution in [0.1, 0.15) is 66.4 Å². The van der Waals surface area contributed by atoms with Crippen molar-refractivity contribution in [3.05, 3.63) is 131 Å². The Morgan fingerprint density at radius 3 is 2.15 bits per heavy atom. The highest BCUT2D eigenvalue weighted by molar-refractivity contribution is 5.96. The van der Waals surface area contributed by atoms with E-state index in [-0.39, 0.29) is 30.2 Å². The Balaban J connectivity index is 1.53. The van der Waals surface area contributed by atoms with Gasteiger partial charge in [0.05, 0.1) is 6.54 Å². The number of unbranched alkanes of at least 4 members (excludes halogenated alkanes) is 1. The van der Waals surface area contributed by atoms with Gasteiger partial charge in [0.2, 0.25) is 5.91 Å². The SMILES string of the molecule is CCCCc1ccc(C(=O)N(CC(=O)N(Cc2ccccc2)Cc2cccn2Cc2ccc(F)cc2)C(C)C)cc1. The second kappa shape index (κ2) is 14.4. The molecule has 0 N–H and O–H groups in total. The molecule has 3 aromatic carbocycles. The molecule has 0 unspecified atom stereocenters. The zero-order valence-corrected chi connectivity index (χ0v) is 24.3. The zero-order valence-electron chi connectivity index (χ0n) is 24.3. The summed E-state index contributed by atoms with van der Waals surface area (Å²) < 4.78 is 15.5. The minimum atomic E-state index is -0.266. The number of nitrogens with zero attached hydrogens (tertiary/aromatic N) is 3. The van der Waals surface area contributed by atoms with Gasteiger partial charge in [-0.25, -0.2) is 4.39 Å². The lowest BCUT2D eigenvalue weighted by Crippen LogP contribution is -2.45. The molecular weight excluding hydrogens is 513 g/mol. The van der Waals surface area contributed by atoms with Gasteiger partial charge in [0.1, 0.15) is 12.4 Å². The van der Waals surface area contributed by atoms with Crippen molar-refractivity contribution in [2.75, 3.05) is 6.54 Å². The first-order valence-electron chi connectivity index (χ1n) is 14.4. The van der Waals surface area contributed by atoms with E-state index in [9.17, 15) is 14.0 Å². The fourth-order valence-corrected chi connectivity index (χ4v) is 4.86. The second-order valence-corrected chi connectivity index (χ2v) is 10.8. The van der Waals surface area contributed by atoms with Crippen LogP contribution >= 0.6 is 0 Å². The molecule has 0 aliphatic heterocycles. The normalized spacial score (nSPS) is 11.0. The van der Waals surface area contributed by atoms with Gasteiger partial charge in [-0.3, -0.25) is 9.59 Å². The van der Waals surface area contributed by atoms with Crippen molar-refractivity contribution in [2.45, 2.75) is 65.7 Å². The van der Waals surface area contributed by atoms with E-state index in [1.165, 1.54) is 17.7 Å². The fourth-order valence-electron chi connectivity index (χ4n) is 4.86. The summed E-state index contributed by atoms with van der Waals surface area (Å²) in [5.74, 6) is -0.530. The standard InChI is InChI=1S/C35H40FN3O2/c1-4-5-10-28-14-18-31(19-15-28)35(41)39(27(2)3)26-34(40)38(24-29-11-7-6-8-12-29)25-33-13-9-22-37(33)23-30-16-20-32(36)21-17-30/h6-9,11-22,27H,4-5,10,23-26H2,1-3H3. The Labute approximate surface area is 243 Å². The summed E-state index contributed by atoms with van der Waals surface area (Å²) in [5.41, 5.74) is 4.76. The number of carbonyl (C=O) groups is 2. The van der Waals surface area contributed by atoms with Crippen LogP contribution in [-0.2, 0) is 30.8 Å². The van der Waals surface area contributed by atoms with Crippen LogP contribution in [0.3, 0.4) is 0 Å². The van der Waals surface area contributed by atoms with Gasteiger partial charge in [-0.2, -0.15) is 0 Å². The van der Waals surface area contributed by atoms with E-state index < -0.39 is 0 Å². The molecule has 1 heterocycles. The number of aryl methyl sites for hydroxylation is 1. The largest absolute Gasteiger partial charge is 0.345 e. The van der Waals surface area contributed by atoms with E-state index in [0.29, 0.717) is 25.2 Å². The maximum Gasteiger partial charge on any atom is 0.254 e. The Morgan fingerprint density at radius 1 is 0.805 bits per heavy atom. The van der Waals surface area contributed by atoms with Crippen molar-refractivity contribution in [1.82, 2.24) is 14.4 Å². The van der Waals surface area contributed by atoms with Gasteiger partial charge in [0.15, 0.2) is 0 Å². The lowest BCUT2D eigenvalue weighted by Gasteiger charge is -2.30. The Hall–Kier alpha value is -4.19. The average Bonchev–Trinajstić information content (AvgIpc) is 3.42. The number of amides is 2. The molecule has 4 rings (SSSR count). The van der Waals surface area contributed by atoms with Crippen molar-refractivity contribution in [3.8, 4) is 0 Å². The first-order valence-corrected chi connectivity index (χ1v) is 14.4. The molecule has 6 heteroatoms. The van der Waals surface area contributed by atoms with Gasteiger partial charge < -0.3 is 14.4 Å². The van der Waals surface area contributed by atoms with Crippen LogP contribution in [0.15, 0.2) is 97.2 Å². The lowest BCUT2D eigenvalue weighted by molar-refractivity contribution is -0.133. The van der Waals surface area contributed by atoms with Crippen LogP contribution < -0.4 is 0 Å². The molecule has 0 atom stereocenters. The van der Waals surface area contributed by atoms with E-state index in [1.54, 1.807) is 17.0 Å². The number of aromatic nitrogens is 1. The molecule has 0 aliphatic rings. The van der Waals surface area contributed by atoms with E-state index in [2.05, 4.69) is 11.5 Å². The molecule has 41 heavy (non-hydrogen) atoms. The van der Waals surface area contributed by atoms with Crippen LogP contribution in [0.4, 0.5) is 4.39 Å². The maximum atomic E-state index is 13.9. The summed E-state index contributed by atoms with van der Waals surface area (Å²) in [6.07, 6.45) is 5.21. The summed E-state index contributed by atoms with van der Waals surface area (Å²) in [5, 5.41) is 0.